The molecule has 0 atom stereocenters. The molecule has 0 amide bonds. The Bertz CT molecular complexity index is 396. The maximum atomic E-state index is 12.5. The molecule has 0 aromatic heterocycles. The molecule has 0 aliphatic heterocycles. The van der Waals surface area contributed by atoms with Crippen LogP contribution in [0.1, 0.15) is 31.2 Å². The first-order chi connectivity index (χ1) is 9.02. The van der Waals surface area contributed by atoms with E-state index in [0.29, 0.717) is 12.6 Å². The van der Waals surface area contributed by atoms with Gasteiger partial charge in [-0.25, -0.2) is 0 Å². The smallest absolute Gasteiger partial charge is 0.395 e. The van der Waals surface area contributed by atoms with Crippen LogP contribution in [-0.2, 0) is 6.18 Å². The van der Waals surface area contributed by atoms with Gasteiger partial charge >= 0.3 is 6.18 Å². The van der Waals surface area contributed by atoms with Crippen molar-refractivity contribution in [1.82, 2.24) is 0 Å². The van der Waals surface area contributed by atoms with Crippen molar-refractivity contribution >= 4 is 5.69 Å². The summed E-state index contributed by atoms with van der Waals surface area (Å²) in [6.45, 7) is 0.480. The van der Waals surface area contributed by atoms with Crippen LogP contribution < -0.4 is 4.90 Å². The minimum Gasteiger partial charge on any atom is -0.395 e. The van der Waals surface area contributed by atoms with Crippen molar-refractivity contribution in [3.05, 3.63) is 29.8 Å². The Hall–Kier alpha value is -1.23. The quantitative estimate of drug-likeness (QED) is 0.908. The fraction of sp³-hybridized carbons (Fsp3) is 0.571. The Morgan fingerprint density at radius 2 is 1.68 bits per heavy atom. The number of hydrogen-bond donors (Lipinski definition) is 1. The molecule has 0 heterocycles. The van der Waals surface area contributed by atoms with Gasteiger partial charge in [0.05, 0.1) is 12.2 Å². The van der Waals surface area contributed by atoms with Crippen LogP contribution >= 0.6 is 0 Å². The van der Waals surface area contributed by atoms with E-state index in [1.165, 1.54) is 12.1 Å². The molecular formula is C14H18F3NO. The molecule has 106 valence electrons. The van der Waals surface area contributed by atoms with Crippen molar-refractivity contribution in [1.29, 1.82) is 0 Å². The van der Waals surface area contributed by atoms with E-state index in [1.54, 1.807) is 0 Å². The SMILES string of the molecule is OCCN(c1ccc(C(F)(F)F)cc1)C1CCCC1. The van der Waals surface area contributed by atoms with Crippen molar-refractivity contribution in [2.75, 3.05) is 18.1 Å². The van der Waals surface area contributed by atoms with Gasteiger partial charge in [0.25, 0.3) is 0 Å². The van der Waals surface area contributed by atoms with Gasteiger partial charge in [0.15, 0.2) is 0 Å². The Labute approximate surface area is 110 Å². The maximum Gasteiger partial charge on any atom is 0.416 e. The van der Waals surface area contributed by atoms with Crippen molar-refractivity contribution in [2.24, 2.45) is 0 Å². The highest BCUT2D eigenvalue weighted by Crippen LogP contribution is 2.32. The van der Waals surface area contributed by atoms with E-state index >= 15 is 0 Å². The van der Waals surface area contributed by atoms with Crippen LogP contribution in [-0.4, -0.2) is 24.3 Å². The highest BCUT2D eigenvalue weighted by atomic mass is 19.4. The van der Waals surface area contributed by atoms with E-state index in [1.807, 2.05) is 4.90 Å². The molecule has 1 aliphatic carbocycles. The third-order valence-electron chi connectivity index (χ3n) is 3.63. The summed E-state index contributed by atoms with van der Waals surface area (Å²) in [6, 6.07) is 5.54. The van der Waals surface area contributed by atoms with Gasteiger partial charge in [-0.2, -0.15) is 13.2 Å². The third kappa shape index (κ3) is 3.41. The Balaban J connectivity index is 2.17. The second-order valence-corrected chi connectivity index (χ2v) is 4.90. The minimum absolute atomic E-state index is 0.0114. The van der Waals surface area contributed by atoms with Crippen LogP contribution in [0, 0.1) is 0 Å². The lowest BCUT2D eigenvalue weighted by Crippen LogP contribution is -2.35. The van der Waals surface area contributed by atoms with Crippen molar-refractivity contribution in [2.45, 2.75) is 37.9 Å². The largest absolute Gasteiger partial charge is 0.416 e. The lowest BCUT2D eigenvalue weighted by Gasteiger charge is -2.30. The third-order valence-corrected chi connectivity index (χ3v) is 3.63. The Kier molecular flexibility index (Phi) is 4.34. The fourth-order valence-electron chi connectivity index (χ4n) is 2.69. The van der Waals surface area contributed by atoms with Gasteiger partial charge in [-0.15, -0.1) is 0 Å². The fourth-order valence-corrected chi connectivity index (χ4v) is 2.69. The number of aliphatic hydroxyl groups is 1. The molecule has 1 aromatic rings. The number of hydrogen-bond acceptors (Lipinski definition) is 2. The molecule has 0 radical (unpaired) electrons. The van der Waals surface area contributed by atoms with Crippen LogP contribution in [0.15, 0.2) is 24.3 Å². The predicted octanol–water partition coefficient (Wildman–Crippen LogP) is 3.45. The molecule has 5 heteroatoms. The number of benzene rings is 1. The Morgan fingerprint density at radius 3 is 2.16 bits per heavy atom. The molecule has 0 spiro atoms. The summed E-state index contributed by atoms with van der Waals surface area (Å²) in [4.78, 5) is 2.02. The van der Waals surface area contributed by atoms with Gasteiger partial charge in [-0.1, -0.05) is 12.8 Å². The standard InChI is InChI=1S/C14H18F3NO/c15-14(16,17)11-5-7-13(8-6-11)18(9-10-19)12-3-1-2-4-12/h5-8,12,19H,1-4,9-10H2. The molecule has 2 nitrogen and oxygen atoms in total. The highest BCUT2D eigenvalue weighted by Gasteiger charge is 2.30. The molecule has 1 fully saturated rings. The van der Waals surface area contributed by atoms with Crippen LogP contribution in [0.2, 0.25) is 0 Å². The van der Waals surface area contributed by atoms with Gasteiger partial charge in [-0.3, -0.25) is 0 Å². The zero-order chi connectivity index (χ0) is 13.9. The molecule has 1 aliphatic rings. The highest BCUT2D eigenvalue weighted by molar-refractivity contribution is 5.49. The summed E-state index contributed by atoms with van der Waals surface area (Å²) in [6.07, 6.45) is 0.0796. The first-order valence-corrected chi connectivity index (χ1v) is 6.57. The average molecular weight is 273 g/mol. The monoisotopic (exact) mass is 273 g/mol. The van der Waals surface area contributed by atoms with Gasteiger partial charge in [0.1, 0.15) is 0 Å². The van der Waals surface area contributed by atoms with Crippen molar-refractivity contribution in [3.8, 4) is 0 Å². The Morgan fingerprint density at radius 1 is 1.11 bits per heavy atom. The van der Waals surface area contributed by atoms with Crippen LogP contribution in [0.4, 0.5) is 18.9 Å². The minimum atomic E-state index is -4.30. The van der Waals surface area contributed by atoms with Gasteiger partial charge in [0.2, 0.25) is 0 Å². The zero-order valence-corrected chi connectivity index (χ0v) is 10.7. The van der Waals surface area contributed by atoms with Gasteiger partial charge < -0.3 is 10.0 Å². The van der Waals surface area contributed by atoms with Gasteiger partial charge in [-0.05, 0) is 37.1 Å². The molecule has 0 bridgehead atoms. The van der Waals surface area contributed by atoms with E-state index in [0.717, 1.165) is 43.5 Å². The second-order valence-electron chi connectivity index (χ2n) is 4.90. The predicted molar refractivity (Wildman–Crippen MR) is 68.1 cm³/mol. The average Bonchev–Trinajstić information content (AvgIpc) is 2.89. The number of rotatable bonds is 4. The number of halogens is 3. The molecule has 1 N–H and O–H groups in total. The van der Waals surface area contributed by atoms with E-state index in [-0.39, 0.29) is 6.61 Å². The molecular weight excluding hydrogens is 255 g/mol. The number of anilines is 1. The molecule has 1 aromatic carbocycles. The van der Waals surface area contributed by atoms with Crippen molar-refractivity contribution < 1.29 is 18.3 Å². The number of nitrogens with zero attached hydrogens (tertiary/aromatic N) is 1. The molecule has 19 heavy (non-hydrogen) atoms. The zero-order valence-electron chi connectivity index (χ0n) is 10.7. The van der Waals surface area contributed by atoms with Crippen LogP contribution in [0.5, 0.6) is 0 Å². The normalized spacial score (nSPS) is 16.8. The topological polar surface area (TPSA) is 23.5 Å². The molecule has 0 unspecified atom stereocenters. The number of aliphatic hydroxyl groups excluding tert-OH is 1. The molecule has 1 saturated carbocycles. The van der Waals surface area contributed by atoms with E-state index in [9.17, 15) is 13.2 Å². The van der Waals surface area contributed by atoms with E-state index in [4.69, 9.17) is 5.11 Å². The van der Waals surface area contributed by atoms with E-state index in [2.05, 4.69) is 0 Å². The summed E-state index contributed by atoms with van der Waals surface area (Å²) < 4.78 is 37.5. The van der Waals surface area contributed by atoms with Crippen molar-refractivity contribution in [3.63, 3.8) is 0 Å². The van der Waals surface area contributed by atoms with Crippen LogP contribution in [0.25, 0.3) is 0 Å². The second kappa shape index (κ2) is 5.82. The summed E-state index contributed by atoms with van der Waals surface area (Å²) in [5, 5.41) is 9.12. The lowest BCUT2D eigenvalue weighted by atomic mass is 10.1. The number of alkyl halides is 3. The maximum absolute atomic E-state index is 12.5. The molecule has 2 rings (SSSR count). The lowest BCUT2D eigenvalue weighted by molar-refractivity contribution is -0.137. The van der Waals surface area contributed by atoms with E-state index < -0.39 is 11.7 Å². The van der Waals surface area contributed by atoms with Gasteiger partial charge in [0, 0.05) is 18.3 Å². The molecule has 0 saturated heterocycles. The first-order valence-electron chi connectivity index (χ1n) is 6.57. The summed E-state index contributed by atoms with van der Waals surface area (Å²) in [5.41, 5.74) is 0.126. The first kappa shape index (κ1) is 14.2. The summed E-state index contributed by atoms with van der Waals surface area (Å²) in [7, 11) is 0. The van der Waals surface area contributed by atoms with Crippen LogP contribution in [0.3, 0.4) is 0 Å². The summed E-state index contributed by atoms with van der Waals surface area (Å²) >= 11 is 0. The summed E-state index contributed by atoms with van der Waals surface area (Å²) in [5.74, 6) is 0.